The third-order valence-corrected chi connectivity index (χ3v) is 5.60. The summed E-state index contributed by atoms with van der Waals surface area (Å²) in [6.45, 7) is 5.99. The molecule has 0 radical (unpaired) electrons. The highest BCUT2D eigenvalue weighted by Gasteiger charge is 2.28. The Hall–Kier alpha value is -1.99. The lowest BCUT2D eigenvalue weighted by molar-refractivity contribution is -0.116. The number of carbonyl (C=O) groups excluding carboxylic acids is 2. The van der Waals surface area contributed by atoms with Crippen LogP contribution in [0.25, 0.3) is 0 Å². The average Bonchev–Trinajstić information content (AvgIpc) is 2.92. The van der Waals surface area contributed by atoms with Crippen LogP contribution in [0.5, 0.6) is 0 Å². The van der Waals surface area contributed by atoms with Crippen molar-refractivity contribution in [3.8, 4) is 0 Å². The van der Waals surface area contributed by atoms with Gasteiger partial charge in [-0.05, 0) is 32.4 Å². The quantitative estimate of drug-likeness (QED) is 0.841. The largest absolute Gasteiger partial charge is 0.444 e. The Morgan fingerprint density at radius 1 is 1.28 bits per heavy atom. The van der Waals surface area contributed by atoms with Gasteiger partial charge in [0.05, 0.1) is 12.3 Å². The number of hydrogen-bond acceptors (Lipinski definition) is 5. The third-order valence-electron chi connectivity index (χ3n) is 3.38. The number of anilines is 2. The van der Waals surface area contributed by atoms with Crippen LogP contribution in [0.15, 0.2) is 41.3 Å². The highest BCUT2D eigenvalue weighted by molar-refractivity contribution is 8.00. The van der Waals surface area contributed by atoms with Crippen molar-refractivity contribution < 1.29 is 14.3 Å². The molecule has 1 aliphatic rings. The minimum Gasteiger partial charge on any atom is -0.444 e. The lowest BCUT2D eigenvalue weighted by Crippen LogP contribution is -2.33. The number of rotatable bonds is 3. The second-order valence-electron chi connectivity index (χ2n) is 6.66. The first-order valence-corrected chi connectivity index (χ1v) is 9.73. The van der Waals surface area contributed by atoms with Crippen molar-refractivity contribution in [3.05, 3.63) is 42.0 Å². The normalized spacial score (nSPS) is 14.2. The summed E-state index contributed by atoms with van der Waals surface area (Å²) < 4.78 is 5.29. The van der Waals surface area contributed by atoms with Crippen molar-refractivity contribution in [2.24, 2.45) is 0 Å². The molecule has 0 saturated heterocycles. The zero-order valence-corrected chi connectivity index (χ0v) is 16.0. The first-order chi connectivity index (χ1) is 11.8. The highest BCUT2D eigenvalue weighted by atomic mass is 32.2. The third kappa shape index (κ3) is 4.55. The molecule has 0 unspecified atom stereocenters. The summed E-state index contributed by atoms with van der Waals surface area (Å²) in [6, 6.07) is 11.8. The van der Waals surface area contributed by atoms with Gasteiger partial charge < -0.3 is 4.74 Å². The number of fused-ring (bicyclic) bond motifs is 1. The van der Waals surface area contributed by atoms with E-state index in [0.717, 1.165) is 15.5 Å². The maximum atomic E-state index is 12.4. The predicted octanol–water partition coefficient (Wildman–Crippen LogP) is 4.73. The van der Waals surface area contributed by atoms with Crippen LogP contribution in [0.3, 0.4) is 0 Å². The Bertz CT molecular complexity index is 781. The zero-order valence-electron chi connectivity index (χ0n) is 14.4. The van der Waals surface area contributed by atoms with Crippen LogP contribution in [-0.2, 0) is 16.1 Å². The van der Waals surface area contributed by atoms with Gasteiger partial charge in [0.2, 0.25) is 5.91 Å². The van der Waals surface area contributed by atoms with Crippen molar-refractivity contribution in [2.75, 3.05) is 16.0 Å². The summed E-state index contributed by atoms with van der Waals surface area (Å²) >= 11 is 2.89. The second kappa shape index (κ2) is 7.09. The molecule has 2 aromatic rings. The molecule has 1 N–H and O–H groups in total. The molecule has 25 heavy (non-hydrogen) atoms. The number of thioether (sulfide) groups is 1. The van der Waals surface area contributed by atoms with Crippen molar-refractivity contribution in [3.63, 3.8) is 0 Å². The number of hydrogen-bond donors (Lipinski definition) is 1. The van der Waals surface area contributed by atoms with E-state index >= 15 is 0 Å². The van der Waals surface area contributed by atoms with Gasteiger partial charge in [0.15, 0.2) is 0 Å². The van der Waals surface area contributed by atoms with E-state index in [9.17, 15) is 9.59 Å². The van der Waals surface area contributed by atoms with Crippen LogP contribution >= 0.6 is 23.1 Å². The molecule has 0 atom stereocenters. The molecular formula is C18H20N2O3S2. The highest BCUT2D eigenvalue weighted by Crippen LogP contribution is 2.45. The molecule has 1 aromatic carbocycles. The van der Waals surface area contributed by atoms with Crippen molar-refractivity contribution in [1.29, 1.82) is 0 Å². The first kappa shape index (κ1) is 17.8. The Balaban J connectivity index is 1.78. The maximum Gasteiger partial charge on any atom is 0.412 e. The molecular weight excluding hydrogens is 356 g/mol. The summed E-state index contributed by atoms with van der Waals surface area (Å²) in [5.41, 5.74) is 0.522. The van der Waals surface area contributed by atoms with Crippen LogP contribution in [0.2, 0.25) is 0 Å². The molecule has 0 saturated carbocycles. The molecule has 2 amide bonds. The number of thiophene rings is 1. The van der Waals surface area contributed by atoms with Crippen LogP contribution in [0.4, 0.5) is 14.8 Å². The topological polar surface area (TPSA) is 58.6 Å². The minimum atomic E-state index is -0.551. The van der Waals surface area contributed by atoms with Crippen LogP contribution in [0.1, 0.15) is 26.3 Å². The fourth-order valence-corrected chi connectivity index (χ4v) is 4.58. The Morgan fingerprint density at radius 3 is 2.68 bits per heavy atom. The molecule has 0 bridgehead atoms. The molecule has 1 aliphatic heterocycles. The Kier molecular flexibility index (Phi) is 5.06. The van der Waals surface area contributed by atoms with Crippen LogP contribution in [0, 0.1) is 0 Å². The number of amides is 2. The SMILES string of the molecule is CC(C)(C)OC(=O)Nc1cc2c(s1)N(Cc1ccccc1)C(=O)CS2. The van der Waals surface area contributed by atoms with Crippen LogP contribution < -0.4 is 10.2 Å². The van der Waals surface area contributed by atoms with Gasteiger partial charge in [-0.1, -0.05) is 41.7 Å². The van der Waals surface area contributed by atoms with E-state index in [2.05, 4.69) is 5.32 Å². The van der Waals surface area contributed by atoms with Crippen molar-refractivity contribution in [2.45, 2.75) is 37.8 Å². The van der Waals surface area contributed by atoms with Gasteiger partial charge in [0.25, 0.3) is 0 Å². The minimum absolute atomic E-state index is 0.0759. The fraction of sp³-hybridized carbons (Fsp3) is 0.333. The lowest BCUT2D eigenvalue weighted by atomic mass is 10.2. The van der Waals surface area contributed by atoms with Crippen molar-refractivity contribution in [1.82, 2.24) is 0 Å². The summed E-state index contributed by atoms with van der Waals surface area (Å²) in [5.74, 6) is 0.481. The molecule has 2 heterocycles. The Morgan fingerprint density at radius 2 is 2.00 bits per heavy atom. The van der Waals surface area contributed by atoms with E-state index in [1.54, 1.807) is 4.90 Å². The van der Waals surface area contributed by atoms with E-state index in [0.29, 0.717) is 17.3 Å². The average molecular weight is 377 g/mol. The second-order valence-corrected chi connectivity index (χ2v) is 8.71. The molecule has 7 heteroatoms. The molecule has 0 fully saturated rings. The smallest absolute Gasteiger partial charge is 0.412 e. The van der Waals surface area contributed by atoms with Crippen LogP contribution in [-0.4, -0.2) is 23.4 Å². The maximum absolute atomic E-state index is 12.4. The van der Waals surface area contributed by atoms with Gasteiger partial charge in [-0.15, -0.1) is 11.8 Å². The predicted molar refractivity (Wildman–Crippen MR) is 103 cm³/mol. The van der Waals surface area contributed by atoms with E-state index in [1.807, 2.05) is 57.2 Å². The lowest BCUT2D eigenvalue weighted by Gasteiger charge is -2.26. The summed E-state index contributed by atoms with van der Waals surface area (Å²) in [7, 11) is 0. The van der Waals surface area contributed by atoms with E-state index in [4.69, 9.17) is 4.74 Å². The number of benzene rings is 1. The van der Waals surface area contributed by atoms with E-state index in [-0.39, 0.29) is 5.91 Å². The first-order valence-electron chi connectivity index (χ1n) is 7.93. The molecule has 5 nitrogen and oxygen atoms in total. The molecule has 1 aromatic heterocycles. The standard InChI is InChI=1S/C18H20N2O3S2/c1-18(2,3)23-17(22)19-14-9-13-16(25-14)20(15(21)11-24-13)10-12-7-5-4-6-8-12/h4-9H,10-11H2,1-3H3,(H,19,22). The van der Waals surface area contributed by atoms with Gasteiger partial charge in [-0.3, -0.25) is 15.0 Å². The summed E-state index contributed by atoms with van der Waals surface area (Å²) in [4.78, 5) is 27.1. The van der Waals surface area contributed by atoms with Gasteiger partial charge in [-0.25, -0.2) is 4.79 Å². The van der Waals surface area contributed by atoms with Crippen molar-refractivity contribution >= 4 is 45.1 Å². The summed E-state index contributed by atoms with van der Waals surface area (Å²) in [6.07, 6.45) is -0.489. The molecule has 132 valence electrons. The monoisotopic (exact) mass is 376 g/mol. The number of nitrogens with zero attached hydrogens (tertiary/aromatic N) is 1. The fourth-order valence-electron chi connectivity index (χ4n) is 2.38. The zero-order chi connectivity index (χ0) is 18.0. The van der Waals surface area contributed by atoms with Gasteiger partial charge >= 0.3 is 6.09 Å². The molecule has 3 rings (SSSR count). The molecule has 0 spiro atoms. The van der Waals surface area contributed by atoms with Gasteiger partial charge in [0, 0.05) is 4.90 Å². The number of ether oxygens (including phenoxy) is 1. The molecule has 0 aliphatic carbocycles. The Labute approximate surface area is 155 Å². The number of carbonyl (C=O) groups is 2. The van der Waals surface area contributed by atoms with E-state index < -0.39 is 11.7 Å². The van der Waals surface area contributed by atoms with Gasteiger partial charge in [-0.2, -0.15) is 0 Å². The van der Waals surface area contributed by atoms with E-state index in [1.165, 1.54) is 23.1 Å². The summed E-state index contributed by atoms with van der Waals surface area (Å²) in [5, 5.41) is 4.31. The van der Waals surface area contributed by atoms with Gasteiger partial charge in [0.1, 0.15) is 15.6 Å². The number of nitrogens with one attached hydrogen (secondary N) is 1.